The van der Waals surface area contributed by atoms with Gasteiger partial charge in [-0.2, -0.15) is 23.5 Å². The molecule has 1 aliphatic heterocycles. The van der Waals surface area contributed by atoms with Crippen LogP contribution in [-0.4, -0.2) is 34.6 Å². The number of rotatable bonds is 4. The molecule has 1 saturated heterocycles. The quantitative estimate of drug-likeness (QED) is 0.842. The third kappa shape index (κ3) is 3.13. The van der Waals surface area contributed by atoms with Crippen LogP contribution in [0.1, 0.15) is 46.0 Å². The first-order valence-electron chi connectivity index (χ1n) is 8.11. The first-order valence-corrected chi connectivity index (χ1v) is 10.1. The monoisotopic (exact) mass is 299 g/mol. The van der Waals surface area contributed by atoms with E-state index >= 15 is 0 Å². The number of fused-ring (bicyclic) bond motifs is 2. The van der Waals surface area contributed by atoms with Crippen molar-refractivity contribution in [2.75, 3.05) is 12.8 Å². The molecule has 0 spiro atoms. The first-order chi connectivity index (χ1) is 9.17. The van der Waals surface area contributed by atoms with Crippen LogP contribution in [-0.2, 0) is 0 Å². The highest BCUT2D eigenvalue weighted by Gasteiger charge is 2.41. The Morgan fingerprint density at radius 1 is 1.16 bits per heavy atom. The summed E-state index contributed by atoms with van der Waals surface area (Å²) >= 11 is 4.44. The summed E-state index contributed by atoms with van der Waals surface area (Å²) in [6.45, 7) is 4.81. The lowest BCUT2D eigenvalue weighted by Crippen LogP contribution is -2.43. The van der Waals surface area contributed by atoms with Gasteiger partial charge in [-0.15, -0.1) is 0 Å². The average Bonchev–Trinajstić information content (AvgIpc) is 3.01. The van der Waals surface area contributed by atoms with Gasteiger partial charge in [0, 0.05) is 27.5 Å². The van der Waals surface area contributed by atoms with Gasteiger partial charge < -0.3 is 5.32 Å². The van der Waals surface area contributed by atoms with Crippen molar-refractivity contribution in [3.63, 3.8) is 0 Å². The van der Waals surface area contributed by atoms with E-state index < -0.39 is 0 Å². The minimum Gasteiger partial charge on any atom is -0.316 e. The Morgan fingerprint density at radius 3 is 2.58 bits per heavy atom. The van der Waals surface area contributed by atoms with Crippen molar-refractivity contribution < 1.29 is 0 Å². The second kappa shape index (κ2) is 6.19. The van der Waals surface area contributed by atoms with Gasteiger partial charge in [0.15, 0.2) is 0 Å². The van der Waals surface area contributed by atoms with Gasteiger partial charge in [0.05, 0.1) is 0 Å². The molecule has 2 aliphatic carbocycles. The second-order valence-electron chi connectivity index (χ2n) is 6.98. The molecule has 0 aromatic carbocycles. The van der Waals surface area contributed by atoms with Crippen molar-refractivity contribution in [3.05, 3.63) is 0 Å². The molecule has 1 N–H and O–H groups in total. The molecule has 3 aliphatic rings. The standard InChI is InChI=1S/C16H29NS2/c1-10-11(2)19-16(9-18-10)15(17-3)8-14-7-12-4-5-13(14)6-12/h10-17H,4-9H2,1-3H3. The van der Waals surface area contributed by atoms with Crippen LogP contribution in [0.15, 0.2) is 0 Å². The molecular formula is C16H29NS2. The van der Waals surface area contributed by atoms with Crippen molar-refractivity contribution in [2.24, 2.45) is 17.8 Å². The third-order valence-electron chi connectivity index (χ3n) is 5.83. The minimum absolute atomic E-state index is 0.747. The molecule has 3 fully saturated rings. The predicted molar refractivity (Wildman–Crippen MR) is 89.2 cm³/mol. The zero-order valence-electron chi connectivity index (χ0n) is 12.6. The molecule has 7 atom stereocenters. The van der Waals surface area contributed by atoms with Gasteiger partial charge in [0.2, 0.25) is 0 Å². The summed E-state index contributed by atoms with van der Waals surface area (Å²) in [7, 11) is 2.19. The summed E-state index contributed by atoms with van der Waals surface area (Å²) in [5.74, 6) is 4.57. The molecule has 0 radical (unpaired) electrons. The molecule has 0 amide bonds. The van der Waals surface area contributed by atoms with Gasteiger partial charge >= 0.3 is 0 Å². The van der Waals surface area contributed by atoms with E-state index in [4.69, 9.17) is 0 Å². The Kier molecular flexibility index (Phi) is 4.75. The molecule has 110 valence electrons. The topological polar surface area (TPSA) is 12.0 Å². The lowest BCUT2D eigenvalue weighted by atomic mass is 9.83. The van der Waals surface area contributed by atoms with Gasteiger partial charge in [-0.3, -0.25) is 0 Å². The fourth-order valence-electron chi connectivity index (χ4n) is 4.47. The molecule has 7 unspecified atom stereocenters. The van der Waals surface area contributed by atoms with E-state index in [1.165, 1.54) is 25.0 Å². The van der Waals surface area contributed by atoms with Crippen LogP contribution in [0.25, 0.3) is 0 Å². The third-order valence-corrected chi connectivity index (χ3v) is 9.39. The fourth-order valence-corrected chi connectivity index (χ4v) is 7.65. The van der Waals surface area contributed by atoms with Crippen LogP contribution in [0.2, 0.25) is 0 Å². The summed E-state index contributed by atoms with van der Waals surface area (Å²) < 4.78 is 0. The molecule has 2 saturated carbocycles. The van der Waals surface area contributed by atoms with Gasteiger partial charge in [0.1, 0.15) is 0 Å². The number of hydrogen-bond donors (Lipinski definition) is 1. The Morgan fingerprint density at radius 2 is 2.00 bits per heavy atom. The summed E-state index contributed by atoms with van der Waals surface area (Å²) in [6.07, 6.45) is 7.61. The van der Waals surface area contributed by atoms with E-state index in [9.17, 15) is 0 Å². The van der Waals surface area contributed by atoms with Crippen LogP contribution in [0.4, 0.5) is 0 Å². The van der Waals surface area contributed by atoms with Crippen LogP contribution in [0.5, 0.6) is 0 Å². The Balaban J connectivity index is 1.55. The maximum absolute atomic E-state index is 3.66. The maximum Gasteiger partial charge on any atom is 0.0294 e. The van der Waals surface area contributed by atoms with Crippen molar-refractivity contribution in [1.29, 1.82) is 0 Å². The molecule has 0 aromatic heterocycles. The van der Waals surface area contributed by atoms with Gasteiger partial charge in [-0.25, -0.2) is 0 Å². The molecule has 3 heteroatoms. The molecule has 1 nitrogen and oxygen atoms in total. The molecule has 1 heterocycles. The maximum atomic E-state index is 3.66. The highest BCUT2D eigenvalue weighted by molar-refractivity contribution is 8.07. The smallest absolute Gasteiger partial charge is 0.0294 e. The van der Waals surface area contributed by atoms with Crippen LogP contribution < -0.4 is 5.32 Å². The van der Waals surface area contributed by atoms with Gasteiger partial charge in [-0.05, 0) is 50.5 Å². The number of nitrogens with one attached hydrogen (secondary N) is 1. The van der Waals surface area contributed by atoms with E-state index in [1.807, 2.05) is 0 Å². The van der Waals surface area contributed by atoms with Crippen molar-refractivity contribution >= 4 is 23.5 Å². The van der Waals surface area contributed by atoms with Gasteiger partial charge in [0.25, 0.3) is 0 Å². The van der Waals surface area contributed by atoms with Crippen LogP contribution in [0.3, 0.4) is 0 Å². The zero-order chi connectivity index (χ0) is 13.4. The average molecular weight is 300 g/mol. The summed E-state index contributed by atoms with van der Waals surface area (Å²) in [5, 5.41) is 6.15. The molecule has 2 bridgehead atoms. The van der Waals surface area contributed by atoms with Gasteiger partial charge in [-0.1, -0.05) is 20.3 Å². The van der Waals surface area contributed by atoms with Crippen LogP contribution >= 0.6 is 23.5 Å². The Labute approximate surface area is 127 Å². The number of thioether (sulfide) groups is 2. The highest BCUT2D eigenvalue weighted by atomic mass is 32.2. The summed E-state index contributed by atoms with van der Waals surface area (Å²) in [5.41, 5.74) is 0. The molecule has 0 aromatic rings. The molecular weight excluding hydrogens is 270 g/mol. The van der Waals surface area contributed by atoms with Crippen molar-refractivity contribution in [3.8, 4) is 0 Å². The lowest BCUT2D eigenvalue weighted by Gasteiger charge is -2.37. The van der Waals surface area contributed by atoms with E-state index in [-0.39, 0.29) is 0 Å². The van der Waals surface area contributed by atoms with E-state index in [0.29, 0.717) is 0 Å². The van der Waals surface area contributed by atoms with Crippen molar-refractivity contribution in [2.45, 2.75) is 67.7 Å². The minimum atomic E-state index is 0.747. The zero-order valence-corrected chi connectivity index (χ0v) is 14.2. The largest absolute Gasteiger partial charge is 0.316 e. The fraction of sp³-hybridized carbons (Fsp3) is 1.00. The summed E-state index contributed by atoms with van der Waals surface area (Å²) in [4.78, 5) is 0. The molecule has 3 rings (SSSR count). The molecule has 19 heavy (non-hydrogen) atoms. The predicted octanol–water partition coefficient (Wildman–Crippen LogP) is 4.03. The summed E-state index contributed by atoms with van der Waals surface area (Å²) in [6, 6.07) is 0.747. The second-order valence-corrected chi connectivity index (χ2v) is 10.0. The van der Waals surface area contributed by atoms with E-state index in [2.05, 4.69) is 49.7 Å². The SMILES string of the molecule is CNC(CC1CC2CCC1C2)C1CSC(C)C(C)S1. The highest BCUT2D eigenvalue weighted by Crippen LogP contribution is 2.50. The first kappa shape index (κ1) is 14.6. The number of hydrogen-bond acceptors (Lipinski definition) is 3. The van der Waals surface area contributed by atoms with E-state index in [0.717, 1.165) is 39.5 Å². The normalized spacial score (nSPS) is 47.5. The van der Waals surface area contributed by atoms with Crippen molar-refractivity contribution in [1.82, 2.24) is 5.32 Å². The van der Waals surface area contributed by atoms with Crippen LogP contribution in [0, 0.1) is 17.8 Å². The van der Waals surface area contributed by atoms with E-state index in [1.54, 1.807) is 12.8 Å². The Hall–Kier alpha value is 0.660. The lowest BCUT2D eigenvalue weighted by molar-refractivity contribution is 0.282. The Bertz CT molecular complexity index is 309.